The van der Waals surface area contributed by atoms with Gasteiger partial charge in [0.25, 0.3) is 0 Å². The van der Waals surface area contributed by atoms with E-state index < -0.39 is 0 Å². The lowest BCUT2D eigenvalue weighted by Gasteiger charge is -2.33. The third kappa shape index (κ3) is 3.70. The van der Waals surface area contributed by atoms with E-state index in [4.69, 9.17) is 0 Å². The van der Waals surface area contributed by atoms with Crippen molar-refractivity contribution in [3.63, 3.8) is 0 Å². The zero-order valence-electron chi connectivity index (χ0n) is 12.0. The molecule has 3 nitrogen and oxygen atoms in total. The topological polar surface area (TPSA) is 38.0 Å². The van der Waals surface area contributed by atoms with Gasteiger partial charge in [0.2, 0.25) is 0 Å². The van der Waals surface area contributed by atoms with Gasteiger partial charge in [-0.15, -0.1) is 0 Å². The number of aromatic nitrogens is 2. The molecule has 0 radical (unpaired) electrons. The maximum atomic E-state index is 10.6. The van der Waals surface area contributed by atoms with Gasteiger partial charge in [0.1, 0.15) is 0 Å². The van der Waals surface area contributed by atoms with Gasteiger partial charge in [-0.2, -0.15) is 28.6 Å². The predicted octanol–water partition coefficient (Wildman–Crippen LogP) is 2.51. The maximum Gasteiger partial charge on any atom is 0.0724 e. The minimum atomic E-state index is -0.261. The largest absolute Gasteiger partial charge is 0.392 e. The second kappa shape index (κ2) is 7.04. The fraction of sp³-hybridized carbons (Fsp3) is 0.786. The van der Waals surface area contributed by atoms with Crippen LogP contribution in [0.1, 0.15) is 31.7 Å². The Labute approximate surface area is 124 Å². The van der Waals surface area contributed by atoms with Gasteiger partial charge >= 0.3 is 0 Å². The smallest absolute Gasteiger partial charge is 0.0724 e. The van der Waals surface area contributed by atoms with Gasteiger partial charge in [0.05, 0.1) is 11.8 Å². The summed E-state index contributed by atoms with van der Waals surface area (Å²) in [5.74, 6) is 2.38. The molecule has 1 aliphatic rings. The summed E-state index contributed by atoms with van der Waals surface area (Å²) in [5, 5.41) is 16.0. The van der Waals surface area contributed by atoms with Crippen molar-refractivity contribution in [2.24, 2.45) is 7.05 Å². The molecule has 0 aromatic carbocycles. The summed E-state index contributed by atoms with van der Waals surface area (Å²) in [6.45, 7) is 4.34. The molecular formula is C14H24N2OS2. The third-order valence-electron chi connectivity index (χ3n) is 3.68. The second-order valence-corrected chi connectivity index (χ2v) is 7.66. The summed E-state index contributed by atoms with van der Waals surface area (Å²) in [4.78, 5) is 0. The molecule has 1 aromatic rings. The Hall–Kier alpha value is -0.130. The number of aliphatic hydroxyl groups is 1. The van der Waals surface area contributed by atoms with E-state index in [0.717, 1.165) is 36.4 Å². The van der Waals surface area contributed by atoms with E-state index in [1.165, 1.54) is 5.75 Å². The summed E-state index contributed by atoms with van der Waals surface area (Å²) < 4.78 is 1.92. The lowest BCUT2D eigenvalue weighted by molar-refractivity contribution is 0.167. The van der Waals surface area contributed by atoms with Crippen LogP contribution < -0.4 is 0 Å². The third-order valence-corrected chi connectivity index (χ3v) is 7.07. The Balaban J connectivity index is 2.02. The molecule has 0 bridgehead atoms. The van der Waals surface area contributed by atoms with Crippen LogP contribution in [0.4, 0.5) is 0 Å². The Morgan fingerprint density at radius 1 is 1.42 bits per heavy atom. The average Bonchev–Trinajstić information content (AvgIpc) is 2.79. The highest BCUT2D eigenvalue weighted by Crippen LogP contribution is 2.35. The number of hydrogen-bond donors (Lipinski definition) is 1. The molecule has 2 rings (SSSR count). The van der Waals surface area contributed by atoms with Crippen LogP contribution in [0.15, 0.2) is 6.07 Å². The van der Waals surface area contributed by atoms with Crippen LogP contribution in [0, 0.1) is 0 Å². The predicted molar refractivity (Wildman–Crippen MR) is 85.1 cm³/mol. The quantitative estimate of drug-likeness (QED) is 0.907. The molecule has 108 valence electrons. The number of rotatable bonds is 5. The van der Waals surface area contributed by atoms with E-state index in [1.54, 1.807) is 0 Å². The van der Waals surface area contributed by atoms with E-state index in [-0.39, 0.29) is 6.10 Å². The van der Waals surface area contributed by atoms with Crippen LogP contribution >= 0.6 is 23.5 Å². The molecule has 5 heteroatoms. The zero-order valence-corrected chi connectivity index (χ0v) is 13.6. The molecule has 1 aliphatic heterocycles. The van der Waals surface area contributed by atoms with Crippen LogP contribution in [0.5, 0.6) is 0 Å². The first-order valence-corrected chi connectivity index (χ1v) is 9.18. The fourth-order valence-electron chi connectivity index (χ4n) is 2.56. The minimum Gasteiger partial charge on any atom is -0.392 e. The zero-order chi connectivity index (χ0) is 13.8. The first kappa shape index (κ1) is 15.3. The lowest BCUT2D eigenvalue weighted by atomic mass is 10.1. The number of aryl methyl sites for hydroxylation is 2. The number of thioether (sulfide) groups is 2. The molecule has 3 unspecified atom stereocenters. The van der Waals surface area contributed by atoms with Gasteiger partial charge in [0, 0.05) is 41.2 Å². The van der Waals surface area contributed by atoms with Gasteiger partial charge in [-0.25, -0.2) is 0 Å². The van der Waals surface area contributed by atoms with E-state index in [1.807, 2.05) is 35.3 Å². The molecule has 0 spiro atoms. The van der Waals surface area contributed by atoms with Crippen LogP contribution in [-0.4, -0.2) is 43.0 Å². The van der Waals surface area contributed by atoms with E-state index in [9.17, 15) is 5.11 Å². The summed E-state index contributed by atoms with van der Waals surface area (Å²) in [6, 6.07) is 2.13. The first-order chi connectivity index (χ1) is 9.15. The van der Waals surface area contributed by atoms with Gasteiger partial charge in [-0.05, 0) is 18.9 Å². The molecule has 1 aromatic heterocycles. The van der Waals surface area contributed by atoms with Crippen LogP contribution in [0.3, 0.4) is 0 Å². The second-order valence-electron chi connectivity index (χ2n) is 5.03. The minimum absolute atomic E-state index is 0.261. The van der Waals surface area contributed by atoms with Gasteiger partial charge in [-0.3, -0.25) is 4.68 Å². The van der Waals surface area contributed by atoms with Crippen molar-refractivity contribution in [2.45, 2.75) is 49.7 Å². The summed E-state index contributed by atoms with van der Waals surface area (Å²) >= 11 is 3.96. The highest BCUT2D eigenvalue weighted by atomic mass is 32.2. The molecule has 0 amide bonds. The Kier molecular flexibility index (Phi) is 5.66. The Bertz CT molecular complexity index is 408. The summed E-state index contributed by atoms with van der Waals surface area (Å²) in [7, 11) is 1.97. The highest BCUT2D eigenvalue weighted by molar-refractivity contribution is 8.07. The summed E-state index contributed by atoms with van der Waals surface area (Å²) in [5.41, 5.74) is 2.26. The molecule has 3 atom stereocenters. The highest BCUT2D eigenvalue weighted by Gasteiger charge is 2.31. The molecule has 19 heavy (non-hydrogen) atoms. The van der Waals surface area contributed by atoms with Crippen molar-refractivity contribution in [3.05, 3.63) is 17.5 Å². The van der Waals surface area contributed by atoms with Crippen molar-refractivity contribution in [1.82, 2.24) is 9.78 Å². The van der Waals surface area contributed by atoms with E-state index in [2.05, 4.69) is 25.0 Å². The Morgan fingerprint density at radius 3 is 2.79 bits per heavy atom. The normalized spacial score (nSPS) is 25.5. The van der Waals surface area contributed by atoms with Crippen molar-refractivity contribution in [1.29, 1.82) is 0 Å². The standard InChI is InChI=1S/C14H24N2OS2/c1-4-10-8-11(16(3)15-10)9-12(17)14-13(5-2)18-6-7-19-14/h8,12-14,17H,4-7,9H2,1-3H3. The van der Waals surface area contributed by atoms with Crippen molar-refractivity contribution < 1.29 is 5.11 Å². The molecular weight excluding hydrogens is 276 g/mol. The molecule has 1 fully saturated rings. The number of aliphatic hydroxyl groups excluding tert-OH is 1. The molecule has 0 saturated carbocycles. The lowest BCUT2D eigenvalue weighted by Crippen LogP contribution is -2.37. The SMILES string of the molecule is CCc1cc(CC(O)C2SCCSC2CC)n(C)n1. The number of nitrogens with zero attached hydrogens (tertiary/aromatic N) is 2. The van der Waals surface area contributed by atoms with Crippen LogP contribution in [0.25, 0.3) is 0 Å². The van der Waals surface area contributed by atoms with E-state index in [0.29, 0.717) is 10.5 Å². The van der Waals surface area contributed by atoms with Crippen LogP contribution in [-0.2, 0) is 19.9 Å². The van der Waals surface area contributed by atoms with Crippen molar-refractivity contribution in [2.75, 3.05) is 11.5 Å². The maximum absolute atomic E-state index is 10.6. The average molecular weight is 300 g/mol. The molecule has 0 aliphatic carbocycles. The van der Waals surface area contributed by atoms with Crippen LogP contribution in [0.2, 0.25) is 0 Å². The molecule has 2 heterocycles. The fourth-order valence-corrected chi connectivity index (χ4v) is 5.71. The van der Waals surface area contributed by atoms with Crippen molar-refractivity contribution in [3.8, 4) is 0 Å². The van der Waals surface area contributed by atoms with E-state index >= 15 is 0 Å². The summed E-state index contributed by atoms with van der Waals surface area (Å²) in [6.07, 6.45) is 2.56. The van der Waals surface area contributed by atoms with Gasteiger partial charge in [0.15, 0.2) is 0 Å². The number of hydrogen-bond acceptors (Lipinski definition) is 4. The van der Waals surface area contributed by atoms with Crippen molar-refractivity contribution >= 4 is 23.5 Å². The first-order valence-electron chi connectivity index (χ1n) is 7.08. The van der Waals surface area contributed by atoms with Gasteiger partial charge in [-0.1, -0.05) is 13.8 Å². The Morgan fingerprint density at radius 2 is 2.16 bits per heavy atom. The molecule has 1 saturated heterocycles. The van der Waals surface area contributed by atoms with Gasteiger partial charge < -0.3 is 5.11 Å². The monoisotopic (exact) mass is 300 g/mol. The molecule has 1 N–H and O–H groups in total.